The number of carbonyl (C=O) groups is 6. The van der Waals surface area contributed by atoms with E-state index in [1.54, 1.807) is 0 Å². The summed E-state index contributed by atoms with van der Waals surface area (Å²) in [4.78, 5) is 72.7. The van der Waals surface area contributed by atoms with Crippen LogP contribution in [0.4, 0.5) is 0 Å². The SMILES string of the molecule is CCCOCCOCCOP1(NC(CC(=O)[O-])C(=O)[O-])=NP(NC(CC(=O)[O-])C(=O)[O-])(OCCOCCOCCC)=NP(NC(CC(=O)[O-])C(=O)[O-])(OCCOCCOCCC)=N1.N[C@@H]1CCCC[C@H]1N.N[C@@H]1CCCC[C@H]1N.N[C@@H]1CCCC[C@H]1N.[Pt+2].[Pt+2].[Pt+2]. The summed E-state index contributed by atoms with van der Waals surface area (Å²) in [5, 5.41) is 79.7. The molecule has 1 heterocycles. The zero-order valence-electron chi connectivity index (χ0n) is 51.7. The normalized spacial score (nSPS) is 25.3. The minimum Gasteiger partial charge on any atom is -0.550 e. The van der Waals surface area contributed by atoms with Crippen LogP contribution in [0, 0.1) is 0 Å². The van der Waals surface area contributed by atoms with Crippen molar-refractivity contribution in [3.05, 3.63) is 0 Å². The van der Waals surface area contributed by atoms with Crippen LogP contribution in [0.1, 0.15) is 136 Å². The Morgan fingerprint density at radius 2 is 0.533 bits per heavy atom. The van der Waals surface area contributed by atoms with E-state index in [9.17, 15) is 59.4 Å². The molecule has 90 heavy (non-hydrogen) atoms. The Kier molecular flexibility index (Phi) is 56.8. The van der Waals surface area contributed by atoms with Crippen LogP contribution in [0.2, 0.25) is 0 Å². The van der Waals surface area contributed by atoms with Gasteiger partial charge in [0, 0.05) is 93.2 Å². The molecule has 0 amide bonds. The maximum absolute atomic E-state index is 12.4. The number of carboxylic acids is 6. The largest absolute Gasteiger partial charge is 2.00 e. The third-order valence-corrected chi connectivity index (χ3v) is 22.3. The summed E-state index contributed by atoms with van der Waals surface area (Å²) < 4.78 is 64.2. The number of nitrogens with zero attached hydrogens (tertiary/aromatic N) is 3. The summed E-state index contributed by atoms with van der Waals surface area (Å²) in [6.07, 6.45) is 12.5. The van der Waals surface area contributed by atoms with Gasteiger partial charge in [-0.15, -0.1) is 0 Å². The van der Waals surface area contributed by atoms with Crippen LogP contribution in [-0.2, 0) is 134 Å². The van der Waals surface area contributed by atoms with E-state index in [2.05, 4.69) is 28.8 Å². The van der Waals surface area contributed by atoms with Crippen LogP contribution in [0.15, 0.2) is 13.5 Å². The average Bonchev–Trinajstić information content (AvgIpc) is 0.755. The predicted octanol–water partition coefficient (Wildman–Crippen LogP) is -4.60. The molecule has 0 aromatic rings. The third-order valence-electron chi connectivity index (χ3n) is 12.9. The number of hydrogen-bond acceptors (Lipinski definition) is 33. The zero-order chi connectivity index (χ0) is 65.1. The van der Waals surface area contributed by atoms with E-state index in [1.165, 1.54) is 38.5 Å². The summed E-state index contributed by atoms with van der Waals surface area (Å²) in [6, 6.07) is -5.19. The number of nitrogens with two attached hydrogens (primary N) is 6. The van der Waals surface area contributed by atoms with E-state index in [0.717, 1.165) is 38.5 Å². The first-order chi connectivity index (χ1) is 41.4. The molecule has 0 aromatic carbocycles. The molecule has 3 unspecified atom stereocenters. The van der Waals surface area contributed by atoms with Gasteiger partial charge < -0.3 is 136 Å². The van der Waals surface area contributed by atoms with Crippen LogP contribution >= 0.6 is 22.7 Å². The molecule has 33 nitrogen and oxygen atoms in total. The Hall–Kier alpha value is -1.15. The third kappa shape index (κ3) is 43.1. The van der Waals surface area contributed by atoms with Crippen molar-refractivity contribution in [1.29, 1.82) is 0 Å². The second kappa shape index (κ2) is 54.9. The average molecular weight is 1890 g/mol. The summed E-state index contributed by atoms with van der Waals surface area (Å²) in [5.41, 5.74) is 33.9. The Bertz CT molecular complexity index is 1890. The smallest absolute Gasteiger partial charge is 0.550 e. The fourth-order valence-corrected chi connectivity index (χ4v) is 19.1. The molecule has 39 heteroatoms. The Labute approximate surface area is 572 Å². The van der Waals surface area contributed by atoms with Gasteiger partial charge in [-0.2, -0.15) is 13.5 Å². The minimum absolute atomic E-state index is 0. The van der Waals surface area contributed by atoms with Gasteiger partial charge in [0.2, 0.25) is 0 Å². The maximum Gasteiger partial charge on any atom is 2.00 e. The molecule has 0 saturated heterocycles. The van der Waals surface area contributed by atoms with Gasteiger partial charge in [-0.3, -0.25) is 0 Å². The van der Waals surface area contributed by atoms with Crippen molar-refractivity contribution in [3.8, 4) is 0 Å². The maximum atomic E-state index is 12.4. The second-order valence-electron chi connectivity index (χ2n) is 20.6. The fourth-order valence-electron chi connectivity index (χ4n) is 8.26. The first kappa shape index (κ1) is 93.0. The van der Waals surface area contributed by atoms with Gasteiger partial charge in [-0.25, -0.2) is 15.3 Å². The molecule has 15 N–H and O–H groups in total. The van der Waals surface area contributed by atoms with Gasteiger partial charge in [-0.1, -0.05) is 59.3 Å². The van der Waals surface area contributed by atoms with Gasteiger partial charge in [0.05, 0.1) is 115 Å². The predicted molar refractivity (Wildman–Crippen MR) is 310 cm³/mol. The zero-order valence-corrected chi connectivity index (χ0v) is 61.2. The van der Waals surface area contributed by atoms with Crippen molar-refractivity contribution in [2.24, 2.45) is 47.9 Å². The van der Waals surface area contributed by atoms with Crippen LogP contribution in [0.25, 0.3) is 0 Å². The Morgan fingerprint density at radius 3 is 0.689 bits per heavy atom. The monoisotopic (exact) mass is 1890 g/mol. The standard InChI is InChI=1S/C33H63N6O21P3.3C6H14N2.3Pt/c1-4-7-52-10-13-55-16-19-58-61(34-25(31(46)47)22-28(40)41)37-62(35-26(32(48)49)23-29(42)43,59-20-17-56-14-11-53-8-5-2)39-63(38-61,36-27(33(50)51)24-30(44)45)60-21-18-57-15-12-54-9-6-3;3*7-5-3-1-2-4-6(5)8;;;/h25-27,34-36H,4-24H2,1-3H3,(H,40,41)(H,42,43)(H,44,45)(H,46,47)(H,48,49)(H,50,51);3*5-6H,1-4,7-8H2;;;/q;;;;3*+2/p-6/t;3*5-,6-;;;/m.111.../s1. The Morgan fingerprint density at radius 1 is 0.356 bits per heavy atom. The van der Waals surface area contributed by atoms with Gasteiger partial charge >= 0.3 is 63.2 Å². The summed E-state index contributed by atoms with van der Waals surface area (Å²) >= 11 is 0. The van der Waals surface area contributed by atoms with Crippen LogP contribution < -0.4 is 80.3 Å². The van der Waals surface area contributed by atoms with Crippen molar-refractivity contribution < 1.29 is 165 Å². The molecule has 3 aliphatic carbocycles. The molecule has 0 aromatic heterocycles. The van der Waals surface area contributed by atoms with Gasteiger partial charge in [0.25, 0.3) is 22.7 Å². The number of hydrogen-bond donors (Lipinski definition) is 9. The van der Waals surface area contributed by atoms with Crippen LogP contribution in [-0.4, -0.2) is 189 Å². The molecule has 0 bridgehead atoms. The van der Waals surface area contributed by atoms with Gasteiger partial charge in [0.1, 0.15) is 0 Å². The van der Waals surface area contributed by atoms with E-state index in [0.29, 0.717) is 39.1 Å². The molecule has 534 valence electrons. The van der Waals surface area contributed by atoms with Gasteiger partial charge in [0.15, 0.2) is 0 Å². The molecular formula is C51H99N12O21P3Pt3. The Balaban J connectivity index is -0.00000228. The minimum atomic E-state index is -4.82. The van der Waals surface area contributed by atoms with E-state index in [-0.39, 0.29) is 159 Å². The molecule has 3 saturated carbocycles. The van der Waals surface area contributed by atoms with E-state index in [4.69, 9.17) is 76.4 Å². The number of carboxylic acid groups (broad SMARTS) is 6. The van der Waals surface area contributed by atoms with Crippen LogP contribution in [0.3, 0.4) is 0 Å². The van der Waals surface area contributed by atoms with Crippen molar-refractivity contribution in [2.75, 3.05) is 99.1 Å². The van der Waals surface area contributed by atoms with Gasteiger partial charge in [-0.05, 0) is 57.8 Å². The molecule has 0 radical (unpaired) electrons. The van der Waals surface area contributed by atoms with Crippen molar-refractivity contribution in [2.45, 2.75) is 191 Å². The fraction of sp³-hybridized carbons (Fsp3) is 0.882. The van der Waals surface area contributed by atoms with E-state index < -0.39 is 116 Å². The molecule has 3 fully saturated rings. The molecule has 4 aliphatic rings. The number of nitrogens with one attached hydrogen (secondary N) is 3. The number of rotatable bonds is 42. The molecule has 0 spiro atoms. The molecule has 9 atom stereocenters. The molecule has 1 aliphatic heterocycles. The summed E-state index contributed by atoms with van der Waals surface area (Å²) in [7, 11) is -14.5. The molecular weight excluding hydrogens is 1790 g/mol. The number of ether oxygens (including phenoxy) is 6. The number of aliphatic carboxylic acids is 6. The molecule has 4 rings (SSSR count). The summed E-state index contributed by atoms with van der Waals surface area (Å²) in [6.45, 7) is 4.66. The first-order valence-electron chi connectivity index (χ1n) is 29.8. The summed E-state index contributed by atoms with van der Waals surface area (Å²) in [5.74, 6) is -12.1. The van der Waals surface area contributed by atoms with Crippen molar-refractivity contribution in [3.63, 3.8) is 0 Å². The van der Waals surface area contributed by atoms with Crippen molar-refractivity contribution >= 4 is 58.6 Å². The first-order valence-corrected chi connectivity index (χ1v) is 34.6. The van der Waals surface area contributed by atoms with Crippen molar-refractivity contribution in [1.82, 2.24) is 15.3 Å². The number of carbonyl (C=O) groups excluding carboxylic acids is 6. The second-order valence-corrected chi connectivity index (χ2v) is 27.6. The quantitative estimate of drug-likeness (QED) is 0.0205. The van der Waals surface area contributed by atoms with E-state index in [1.807, 2.05) is 20.8 Å². The van der Waals surface area contributed by atoms with E-state index >= 15 is 0 Å². The van der Waals surface area contributed by atoms with Crippen LogP contribution in [0.5, 0.6) is 0 Å². The topological polar surface area (TPSA) is 553 Å².